The van der Waals surface area contributed by atoms with E-state index in [1.54, 1.807) is 4.90 Å². The van der Waals surface area contributed by atoms with E-state index in [-0.39, 0.29) is 6.03 Å². The van der Waals surface area contributed by atoms with E-state index < -0.39 is 0 Å². The second-order valence-electron chi connectivity index (χ2n) is 4.37. The third-order valence-electron chi connectivity index (χ3n) is 3.11. The lowest BCUT2D eigenvalue weighted by Crippen LogP contribution is -2.32. The van der Waals surface area contributed by atoms with Gasteiger partial charge in [0.1, 0.15) is 0 Å². The molecule has 1 aliphatic rings. The van der Waals surface area contributed by atoms with Crippen molar-refractivity contribution in [1.82, 2.24) is 4.90 Å². The zero-order valence-electron chi connectivity index (χ0n) is 9.97. The van der Waals surface area contributed by atoms with E-state index in [0.717, 1.165) is 11.1 Å². The Hall–Kier alpha value is -2.29. The third kappa shape index (κ3) is 2.07. The first-order valence-electron chi connectivity index (χ1n) is 6.03. The number of amides is 2. The van der Waals surface area contributed by atoms with Gasteiger partial charge in [-0.25, -0.2) is 4.79 Å². The van der Waals surface area contributed by atoms with Gasteiger partial charge >= 0.3 is 6.03 Å². The van der Waals surface area contributed by atoms with Crippen molar-refractivity contribution in [2.45, 2.75) is 0 Å². The van der Waals surface area contributed by atoms with Crippen LogP contribution in [0, 0.1) is 0 Å². The summed E-state index contributed by atoms with van der Waals surface area (Å²) in [7, 11) is 0. The highest BCUT2D eigenvalue weighted by Gasteiger charge is 2.13. The summed E-state index contributed by atoms with van der Waals surface area (Å²) in [5.41, 5.74) is 0.839. The number of hydrogen-bond donors (Lipinski definition) is 1. The number of nitrogens with zero attached hydrogens (tertiary/aromatic N) is 1. The highest BCUT2D eigenvalue weighted by atomic mass is 16.2. The molecule has 3 heteroatoms. The molecule has 0 radical (unpaired) electrons. The molecule has 1 N–H and O–H groups in total. The monoisotopic (exact) mass is 238 g/mol. The molecule has 2 aromatic carbocycles. The number of anilines is 1. The maximum atomic E-state index is 11.9. The summed E-state index contributed by atoms with van der Waals surface area (Å²) in [6.07, 6.45) is 4.00. The molecule has 0 aromatic heterocycles. The van der Waals surface area contributed by atoms with Gasteiger partial charge in [0.05, 0.1) is 0 Å². The molecule has 90 valence electrons. The van der Waals surface area contributed by atoms with Gasteiger partial charge in [0.2, 0.25) is 0 Å². The van der Waals surface area contributed by atoms with Gasteiger partial charge in [-0.1, -0.05) is 42.5 Å². The summed E-state index contributed by atoms with van der Waals surface area (Å²) in [5, 5.41) is 5.24. The highest BCUT2D eigenvalue weighted by molar-refractivity contribution is 5.93. The topological polar surface area (TPSA) is 32.3 Å². The minimum Gasteiger partial charge on any atom is -0.317 e. The maximum Gasteiger partial charge on any atom is 0.322 e. The first-order chi connectivity index (χ1) is 8.83. The van der Waals surface area contributed by atoms with Crippen LogP contribution in [0.3, 0.4) is 0 Å². The van der Waals surface area contributed by atoms with Crippen molar-refractivity contribution in [3.05, 3.63) is 54.6 Å². The molecule has 0 spiro atoms. The minimum atomic E-state index is -0.0460. The summed E-state index contributed by atoms with van der Waals surface area (Å²) in [6, 6.07) is 14.0. The molecule has 0 saturated carbocycles. The molecule has 1 aliphatic heterocycles. The number of carbonyl (C=O) groups excluding carboxylic acids is 1. The normalized spacial score (nSPS) is 14.1. The van der Waals surface area contributed by atoms with E-state index in [2.05, 4.69) is 11.4 Å². The summed E-state index contributed by atoms with van der Waals surface area (Å²) >= 11 is 0. The molecule has 3 nitrogen and oxygen atoms in total. The summed E-state index contributed by atoms with van der Waals surface area (Å²) in [4.78, 5) is 13.7. The minimum absolute atomic E-state index is 0.0460. The van der Waals surface area contributed by atoms with Crippen molar-refractivity contribution in [2.24, 2.45) is 0 Å². The molecule has 0 fully saturated rings. The van der Waals surface area contributed by atoms with Crippen LogP contribution >= 0.6 is 0 Å². The fourth-order valence-corrected chi connectivity index (χ4v) is 2.11. The van der Waals surface area contributed by atoms with Gasteiger partial charge in [-0.15, -0.1) is 0 Å². The summed E-state index contributed by atoms with van der Waals surface area (Å²) in [5.74, 6) is 0. The molecular weight excluding hydrogens is 224 g/mol. The second kappa shape index (κ2) is 4.53. The molecule has 1 heterocycles. The predicted octanol–water partition coefficient (Wildman–Crippen LogP) is 3.24. The molecule has 0 bridgehead atoms. The Morgan fingerprint density at radius 3 is 2.50 bits per heavy atom. The summed E-state index contributed by atoms with van der Waals surface area (Å²) in [6.45, 7) is 1.39. The molecule has 0 unspecified atom stereocenters. The predicted molar refractivity (Wildman–Crippen MR) is 73.7 cm³/mol. The van der Waals surface area contributed by atoms with Crippen LogP contribution in [0.1, 0.15) is 0 Å². The van der Waals surface area contributed by atoms with E-state index in [9.17, 15) is 4.79 Å². The van der Waals surface area contributed by atoms with Gasteiger partial charge in [0, 0.05) is 18.8 Å². The van der Waals surface area contributed by atoms with Crippen LogP contribution in [0.5, 0.6) is 0 Å². The molecule has 2 aromatic rings. The lowest BCUT2D eigenvalue weighted by atomic mass is 10.1. The first kappa shape index (κ1) is 10.8. The van der Waals surface area contributed by atoms with E-state index in [0.29, 0.717) is 13.1 Å². The van der Waals surface area contributed by atoms with Crippen LogP contribution in [-0.4, -0.2) is 24.0 Å². The maximum absolute atomic E-state index is 11.9. The van der Waals surface area contributed by atoms with Crippen molar-refractivity contribution in [3.8, 4) is 0 Å². The number of rotatable bonds is 1. The average Bonchev–Trinajstić information content (AvgIpc) is 2.92. The van der Waals surface area contributed by atoms with Crippen molar-refractivity contribution in [1.29, 1.82) is 0 Å². The molecule has 2 amide bonds. The number of fused-ring (bicyclic) bond motifs is 1. The van der Waals surface area contributed by atoms with Crippen molar-refractivity contribution in [2.75, 3.05) is 18.4 Å². The van der Waals surface area contributed by atoms with Gasteiger partial charge in [0.15, 0.2) is 0 Å². The van der Waals surface area contributed by atoms with E-state index in [1.165, 1.54) is 5.39 Å². The van der Waals surface area contributed by atoms with E-state index >= 15 is 0 Å². The first-order valence-corrected chi connectivity index (χ1v) is 6.03. The standard InChI is InChI=1S/C15H14N2O/c18-15(17-9-3-4-10-17)16-14-8-7-12-5-1-2-6-13(12)11-14/h1-8,11H,9-10H2,(H,16,18). The molecule has 0 aliphatic carbocycles. The Kier molecular flexibility index (Phi) is 2.73. The Morgan fingerprint density at radius 1 is 1.00 bits per heavy atom. The van der Waals surface area contributed by atoms with Crippen LogP contribution < -0.4 is 5.32 Å². The Balaban J connectivity index is 1.80. The van der Waals surface area contributed by atoms with E-state index in [4.69, 9.17) is 0 Å². The average molecular weight is 238 g/mol. The fourth-order valence-electron chi connectivity index (χ4n) is 2.11. The lowest BCUT2D eigenvalue weighted by molar-refractivity contribution is 0.224. The molecule has 0 saturated heterocycles. The van der Waals surface area contributed by atoms with Gasteiger partial charge in [-0.2, -0.15) is 0 Å². The third-order valence-corrected chi connectivity index (χ3v) is 3.11. The molecular formula is C15H14N2O. The largest absolute Gasteiger partial charge is 0.322 e. The van der Waals surface area contributed by atoms with Crippen LogP contribution in [0.25, 0.3) is 10.8 Å². The lowest BCUT2D eigenvalue weighted by Gasteiger charge is -2.16. The molecule has 3 rings (SSSR count). The second-order valence-corrected chi connectivity index (χ2v) is 4.37. The SMILES string of the molecule is O=C(Nc1ccc2ccccc2c1)N1CC=CC1. The van der Waals surface area contributed by atoms with Gasteiger partial charge in [0.25, 0.3) is 0 Å². The zero-order valence-corrected chi connectivity index (χ0v) is 9.97. The number of carbonyl (C=O) groups is 1. The summed E-state index contributed by atoms with van der Waals surface area (Å²) < 4.78 is 0. The number of urea groups is 1. The highest BCUT2D eigenvalue weighted by Crippen LogP contribution is 2.19. The van der Waals surface area contributed by atoms with Crippen molar-refractivity contribution < 1.29 is 4.79 Å². The van der Waals surface area contributed by atoms with E-state index in [1.807, 2.05) is 48.6 Å². The Morgan fingerprint density at radius 2 is 1.72 bits per heavy atom. The number of nitrogens with one attached hydrogen (secondary N) is 1. The number of hydrogen-bond acceptors (Lipinski definition) is 1. The fraction of sp³-hybridized carbons (Fsp3) is 0.133. The van der Waals surface area contributed by atoms with Crippen LogP contribution in [0.2, 0.25) is 0 Å². The van der Waals surface area contributed by atoms with Crippen molar-refractivity contribution in [3.63, 3.8) is 0 Å². The number of benzene rings is 2. The molecule has 18 heavy (non-hydrogen) atoms. The van der Waals surface area contributed by atoms with Crippen LogP contribution in [0.4, 0.5) is 10.5 Å². The van der Waals surface area contributed by atoms with Crippen LogP contribution in [-0.2, 0) is 0 Å². The van der Waals surface area contributed by atoms with Crippen LogP contribution in [0.15, 0.2) is 54.6 Å². The quantitative estimate of drug-likeness (QED) is 0.760. The van der Waals surface area contributed by atoms with Crippen molar-refractivity contribution >= 4 is 22.5 Å². The molecule has 0 atom stereocenters. The zero-order chi connectivity index (χ0) is 12.4. The Bertz CT molecular complexity index is 611. The van der Waals surface area contributed by atoms with Gasteiger partial charge in [-0.05, 0) is 22.9 Å². The smallest absolute Gasteiger partial charge is 0.317 e. The van der Waals surface area contributed by atoms with Gasteiger partial charge < -0.3 is 10.2 Å². The van der Waals surface area contributed by atoms with Gasteiger partial charge in [-0.3, -0.25) is 0 Å². The Labute approximate surface area is 106 Å².